The van der Waals surface area contributed by atoms with Gasteiger partial charge in [-0.25, -0.2) is 4.79 Å². The molecule has 6 nitrogen and oxygen atoms in total. The molecule has 2 rings (SSSR count). The zero-order chi connectivity index (χ0) is 15.3. The summed E-state index contributed by atoms with van der Waals surface area (Å²) >= 11 is 0. The largest absolute Gasteiger partial charge is 0.468 e. The molecule has 1 N–H and O–H groups in total. The van der Waals surface area contributed by atoms with Crippen LogP contribution < -0.4 is 5.32 Å². The lowest BCUT2D eigenvalue weighted by molar-refractivity contribution is -0.0318. The summed E-state index contributed by atoms with van der Waals surface area (Å²) in [4.78, 5) is 14.0. The fourth-order valence-electron chi connectivity index (χ4n) is 2.16. The number of rotatable bonds is 4. The summed E-state index contributed by atoms with van der Waals surface area (Å²) in [6.45, 7) is 8.51. The van der Waals surface area contributed by atoms with Crippen molar-refractivity contribution in [2.24, 2.45) is 0 Å². The molecule has 2 heterocycles. The summed E-state index contributed by atoms with van der Waals surface area (Å²) < 4.78 is 16.2. The molecule has 1 aliphatic heterocycles. The van der Waals surface area contributed by atoms with Crippen LogP contribution in [0.5, 0.6) is 0 Å². The quantitative estimate of drug-likeness (QED) is 0.920. The normalized spacial score (nSPS) is 19.6. The van der Waals surface area contributed by atoms with Crippen LogP contribution in [0.1, 0.15) is 26.5 Å². The molecule has 1 amide bonds. The molecule has 1 aliphatic rings. The molecule has 1 aromatic heterocycles. The Morgan fingerprint density at radius 1 is 1.52 bits per heavy atom. The van der Waals surface area contributed by atoms with Crippen LogP contribution in [0.4, 0.5) is 4.79 Å². The number of hydrogen-bond donors (Lipinski definition) is 1. The van der Waals surface area contributed by atoms with Crippen molar-refractivity contribution in [2.75, 3.05) is 26.3 Å². The predicted molar refractivity (Wildman–Crippen MR) is 78.0 cm³/mol. The monoisotopic (exact) mass is 296 g/mol. The molecule has 0 spiro atoms. The van der Waals surface area contributed by atoms with Gasteiger partial charge in [-0.2, -0.15) is 0 Å². The Hall–Kier alpha value is -1.53. The maximum atomic E-state index is 12.2. The zero-order valence-corrected chi connectivity index (χ0v) is 12.9. The van der Waals surface area contributed by atoms with Crippen LogP contribution in [0.3, 0.4) is 0 Å². The fraction of sp³-hybridized carbons (Fsp3) is 0.667. The van der Waals surface area contributed by atoms with E-state index in [-0.39, 0.29) is 12.1 Å². The fourth-order valence-corrected chi connectivity index (χ4v) is 2.16. The second-order valence-corrected chi connectivity index (χ2v) is 6.11. The highest BCUT2D eigenvalue weighted by Crippen LogP contribution is 2.14. The van der Waals surface area contributed by atoms with Crippen LogP contribution in [-0.2, 0) is 16.0 Å². The van der Waals surface area contributed by atoms with Crippen molar-refractivity contribution in [1.29, 1.82) is 0 Å². The Morgan fingerprint density at radius 2 is 2.33 bits per heavy atom. The molecule has 118 valence electrons. The number of carbonyl (C=O) groups excluding carboxylic acids is 1. The average Bonchev–Trinajstić information content (AvgIpc) is 2.90. The third-order valence-corrected chi connectivity index (χ3v) is 3.11. The minimum Gasteiger partial charge on any atom is -0.468 e. The maximum absolute atomic E-state index is 12.2. The average molecular weight is 296 g/mol. The number of furan rings is 1. The van der Waals surface area contributed by atoms with E-state index in [1.165, 1.54) is 0 Å². The Kier molecular flexibility index (Phi) is 5.25. The first-order valence-corrected chi connectivity index (χ1v) is 7.26. The van der Waals surface area contributed by atoms with E-state index in [9.17, 15) is 4.79 Å². The van der Waals surface area contributed by atoms with Crippen LogP contribution in [0.15, 0.2) is 22.8 Å². The van der Waals surface area contributed by atoms with Crippen LogP contribution in [0, 0.1) is 0 Å². The number of nitrogens with one attached hydrogen (secondary N) is 1. The third-order valence-electron chi connectivity index (χ3n) is 3.11. The number of hydrogen-bond acceptors (Lipinski definition) is 5. The van der Waals surface area contributed by atoms with Crippen molar-refractivity contribution >= 4 is 6.09 Å². The van der Waals surface area contributed by atoms with E-state index in [4.69, 9.17) is 13.9 Å². The second-order valence-electron chi connectivity index (χ2n) is 6.11. The summed E-state index contributed by atoms with van der Waals surface area (Å²) in [7, 11) is 0. The molecule has 6 heteroatoms. The number of morpholine rings is 1. The number of nitrogens with zero attached hydrogens (tertiary/aromatic N) is 1. The molecular formula is C15H24N2O4. The summed E-state index contributed by atoms with van der Waals surface area (Å²) in [6.07, 6.45) is 1.36. The minimum atomic E-state index is -0.485. The van der Waals surface area contributed by atoms with Gasteiger partial charge in [-0.05, 0) is 32.9 Å². The van der Waals surface area contributed by atoms with E-state index in [2.05, 4.69) is 5.32 Å². The lowest BCUT2D eigenvalue weighted by atomic mass is 10.2. The standard InChI is InChI=1S/C15H24N2O4/c1-15(2,3)21-14(18)17-6-8-19-11-12(17)9-16-10-13-5-4-7-20-13/h4-5,7,12,16H,6,8-11H2,1-3H3. The first kappa shape index (κ1) is 15.9. The van der Waals surface area contributed by atoms with Crippen molar-refractivity contribution in [1.82, 2.24) is 10.2 Å². The van der Waals surface area contributed by atoms with E-state index in [0.29, 0.717) is 32.8 Å². The molecule has 0 bridgehead atoms. The van der Waals surface area contributed by atoms with Crippen LogP contribution in [0.25, 0.3) is 0 Å². The molecule has 1 unspecified atom stereocenters. The van der Waals surface area contributed by atoms with Crippen LogP contribution in [0.2, 0.25) is 0 Å². The Bertz CT molecular complexity index is 439. The first-order valence-electron chi connectivity index (χ1n) is 7.26. The molecule has 0 saturated carbocycles. The highest BCUT2D eigenvalue weighted by molar-refractivity contribution is 5.68. The predicted octanol–water partition coefficient (Wildman–Crippen LogP) is 2.01. The number of ether oxygens (including phenoxy) is 2. The van der Waals surface area contributed by atoms with E-state index in [1.54, 1.807) is 11.2 Å². The van der Waals surface area contributed by atoms with Gasteiger partial charge in [0.2, 0.25) is 0 Å². The van der Waals surface area contributed by atoms with E-state index >= 15 is 0 Å². The topological polar surface area (TPSA) is 63.9 Å². The van der Waals surface area contributed by atoms with Gasteiger partial charge in [0.15, 0.2) is 0 Å². The molecule has 1 saturated heterocycles. The van der Waals surface area contributed by atoms with Gasteiger partial charge in [0.25, 0.3) is 0 Å². The van der Waals surface area contributed by atoms with Gasteiger partial charge in [-0.15, -0.1) is 0 Å². The third kappa shape index (κ3) is 5.06. The molecule has 1 atom stereocenters. The van der Waals surface area contributed by atoms with E-state index < -0.39 is 5.60 Å². The summed E-state index contributed by atoms with van der Waals surface area (Å²) in [6, 6.07) is 3.74. The molecule has 0 radical (unpaired) electrons. The Labute approximate surface area is 125 Å². The van der Waals surface area contributed by atoms with Gasteiger partial charge in [-0.3, -0.25) is 4.90 Å². The smallest absolute Gasteiger partial charge is 0.410 e. The Balaban J connectivity index is 1.84. The van der Waals surface area contributed by atoms with E-state index in [1.807, 2.05) is 32.9 Å². The van der Waals surface area contributed by atoms with Crippen molar-refractivity contribution in [3.63, 3.8) is 0 Å². The molecule has 1 fully saturated rings. The Morgan fingerprint density at radius 3 is 3.00 bits per heavy atom. The minimum absolute atomic E-state index is 0.0245. The van der Waals surface area contributed by atoms with Crippen molar-refractivity contribution in [3.05, 3.63) is 24.2 Å². The molecule has 1 aromatic rings. The van der Waals surface area contributed by atoms with Crippen LogP contribution in [-0.4, -0.2) is 48.9 Å². The van der Waals surface area contributed by atoms with Crippen molar-refractivity contribution in [2.45, 2.75) is 39.0 Å². The number of amides is 1. The highest BCUT2D eigenvalue weighted by Gasteiger charge is 2.30. The van der Waals surface area contributed by atoms with Crippen molar-refractivity contribution in [3.8, 4) is 0 Å². The van der Waals surface area contributed by atoms with Gasteiger partial charge >= 0.3 is 6.09 Å². The molecular weight excluding hydrogens is 272 g/mol. The van der Waals surface area contributed by atoms with Gasteiger partial charge < -0.3 is 19.2 Å². The SMILES string of the molecule is CC(C)(C)OC(=O)N1CCOCC1CNCc1ccco1. The summed E-state index contributed by atoms with van der Waals surface area (Å²) in [5.74, 6) is 0.871. The second kappa shape index (κ2) is 6.95. The lowest BCUT2D eigenvalue weighted by Gasteiger charge is -2.36. The summed E-state index contributed by atoms with van der Waals surface area (Å²) in [5.41, 5.74) is -0.485. The first-order chi connectivity index (χ1) is 9.96. The summed E-state index contributed by atoms with van der Waals surface area (Å²) in [5, 5.41) is 3.28. The lowest BCUT2D eigenvalue weighted by Crippen LogP contribution is -2.53. The molecule has 0 aromatic carbocycles. The maximum Gasteiger partial charge on any atom is 0.410 e. The zero-order valence-electron chi connectivity index (χ0n) is 12.9. The van der Waals surface area contributed by atoms with Gasteiger partial charge in [0.05, 0.1) is 32.1 Å². The van der Waals surface area contributed by atoms with E-state index in [0.717, 1.165) is 5.76 Å². The van der Waals surface area contributed by atoms with Crippen LogP contribution >= 0.6 is 0 Å². The van der Waals surface area contributed by atoms with Gasteiger partial charge in [-0.1, -0.05) is 0 Å². The van der Waals surface area contributed by atoms with Crippen molar-refractivity contribution < 1.29 is 18.7 Å². The molecule has 21 heavy (non-hydrogen) atoms. The number of carbonyl (C=O) groups is 1. The van der Waals surface area contributed by atoms with Gasteiger partial charge in [0.1, 0.15) is 11.4 Å². The molecule has 0 aliphatic carbocycles. The van der Waals surface area contributed by atoms with Gasteiger partial charge in [0, 0.05) is 13.1 Å². The highest BCUT2D eigenvalue weighted by atomic mass is 16.6.